The summed E-state index contributed by atoms with van der Waals surface area (Å²) in [6, 6.07) is 13.6. The summed E-state index contributed by atoms with van der Waals surface area (Å²) in [5, 5.41) is 8.11. The van der Waals surface area contributed by atoms with Crippen molar-refractivity contribution < 1.29 is 13.2 Å². The maximum Gasteiger partial charge on any atom is 0.238 e. The number of para-hydroxylation sites is 1. The highest BCUT2D eigenvalue weighted by atomic mass is 32.2. The Kier molecular flexibility index (Phi) is 4.39. The molecule has 0 heterocycles. The first kappa shape index (κ1) is 14.5. The van der Waals surface area contributed by atoms with Crippen LogP contribution in [0.5, 0.6) is 11.5 Å². The summed E-state index contributed by atoms with van der Waals surface area (Å²) in [5.74, 6) is 1.28. The van der Waals surface area contributed by atoms with Crippen molar-refractivity contribution in [2.75, 3.05) is 7.05 Å². The summed E-state index contributed by atoms with van der Waals surface area (Å²) in [5.41, 5.74) is 1.02. The molecular weight excluding hydrogens is 276 g/mol. The average Bonchev–Trinajstić information content (AvgIpc) is 2.41. The van der Waals surface area contributed by atoms with Gasteiger partial charge in [-0.1, -0.05) is 18.2 Å². The molecule has 2 aromatic rings. The monoisotopic (exact) mass is 292 g/mol. The van der Waals surface area contributed by atoms with E-state index in [0.717, 1.165) is 11.3 Å². The maximum absolute atomic E-state index is 11.2. The zero-order chi connectivity index (χ0) is 14.6. The lowest BCUT2D eigenvalue weighted by Gasteiger charge is -2.11. The summed E-state index contributed by atoms with van der Waals surface area (Å²) in [6.45, 7) is 0.686. The highest BCUT2D eigenvalue weighted by molar-refractivity contribution is 7.89. The van der Waals surface area contributed by atoms with E-state index < -0.39 is 10.0 Å². The quantitative estimate of drug-likeness (QED) is 0.881. The van der Waals surface area contributed by atoms with Gasteiger partial charge in [-0.05, 0) is 37.4 Å². The number of hydrogen-bond donors (Lipinski definition) is 2. The second-order valence-corrected chi connectivity index (χ2v) is 5.82. The van der Waals surface area contributed by atoms with Gasteiger partial charge in [0.15, 0.2) is 0 Å². The predicted octanol–water partition coefficient (Wildman–Crippen LogP) is 1.85. The second kappa shape index (κ2) is 6.04. The Labute approximate surface area is 118 Å². The van der Waals surface area contributed by atoms with Gasteiger partial charge >= 0.3 is 0 Å². The first-order valence-electron chi connectivity index (χ1n) is 6.04. The molecule has 0 saturated carbocycles. The van der Waals surface area contributed by atoms with Crippen LogP contribution in [-0.2, 0) is 16.6 Å². The molecule has 6 heteroatoms. The lowest BCUT2D eigenvalue weighted by atomic mass is 10.2. The molecule has 0 bridgehead atoms. The van der Waals surface area contributed by atoms with Crippen LogP contribution in [0.4, 0.5) is 0 Å². The lowest BCUT2D eigenvalue weighted by Crippen LogP contribution is -2.11. The summed E-state index contributed by atoms with van der Waals surface area (Å²) >= 11 is 0. The van der Waals surface area contributed by atoms with Crippen LogP contribution < -0.4 is 15.2 Å². The molecule has 2 aromatic carbocycles. The van der Waals surface area contributed by atoms with E-state index in [1.807, 2.05) is 31.3 Å². The largest absolute Gasteiger partial charge is 0.457 e. The molecular formula is C14H16N2O3S. The Bertz CT molecular complexity index is 682. The average molecular weight is 292 g/mol. The molecule has 0 aliphatic carbocycles. The van der Waals surface area contributed by atoms with Crippen LogP contribution in [0.15, 0.2) is 53.4 Å². The lowest BCUT2D eigenvalue weighted by molar-refractivity contribution is 0.474. The molecule has 0 radical (unpaired) electrons. The number of rotatable bonds is 5. The molecule has 3 N–H and O–H groups in total. The molecule has 0 saturated heterocycles. The van der Waals surface area contributed by atoms with Crippen molar-refractivity contribution in [3.63, 3.8) is 0 Å². The van der Waals surface area contributed by atoms with Gasteiger partial charge in [0.25, 0.3) is 0 Å². The van der Waals surface area contributed by atoms with E-state index >= 15 is 0 Å². The number of nitrogens with two attached hydrogens (primary N) is 1. The molecule has 106 valence electrons. The summed E-state index contributed by atoms with van der Waals surface area (Å²) in [7, 11) is -1.82. The third kappa shape index (κ3) is 3.57. The van der Waals surface area contributed by atoms with E-state index in [-0.39, 0.29) is 4.90 Å². The molecule has 0 aliphatic heterocycles. The Balaban J connectivity index is 2.22. The minimum Gasteiger partial charge on any atom is -0.457 e. The molecule has 0 amide bonds. The third-order valence-corrected chi connectivity index (χ3v) is 3.65. The SMILES string of the molecule is CNCc1ccccc1Oc1ccc(S(N)(=O)=O)cc1. The normalized spacial score (nSPS) is 11.3. The topological polar surface area (TPSA) is 81.4 Å². The van der Waals surface area contributed by atoms with Gasteiger partial charge in [-0.2, -0.15) is 0 Å². The second-order valence-electron chi connectivity index (χ2n) is 4.26. The molecule has 0 aromatic heterocycles. The number of ether oxygens (including phenoxy) is 1. The summed E-state index contributed by atoms with van der Waals surface area (Å²) < 4.78 is 28.1. The Morgan fingerprint density at radius 2 is 1.75 bits per heavy atom. The Morgan fingerprint density at radius 3 is 2.35 bits per heavy atom. The van der Waals surface area contributed by atoms with E-state index in [1.54, 1.807) is 12.1 Å². The number of benzene rings is 2. The van der Waals surface area contributed by atoms with Crippen LogP contribution in [0.1, 0.15) is 5.56 Å². The molecule has 0 atom stereocenters. The number of hydrogen-bond acceptors (Lipinski definition) is 4. The first-order chi connectivity index (χ1) is 9.50. The van der Waals surface area contributed by atoms with Gasteiger partial charge in [-0.15, -0.1) is 0 Å². The van der Waals surface area contributed by atoms with Gasteiger partial charge < -0.3 is 10.1 Å². The highest BCUT2D eigenvalue weighted by Crippen LogP contribution is 2.25. The van der Waals surface area contributed by atoms with Gasteiger partial charge in [0.05, 0.1) is 4.90 Å². The molecule has 5 nitrogen and oxygen atoms in total. The van der Waals surface area contributed by atoms with Crippen LogP contribution in [0, 0.1) is 0 Å². The zero-order valence-electron chi connectivity index (χ0n) is 11.0. The van der Waals surface area contributed by atoms with Crippen LogP contribution in [0.2, 0.25) is 0 Å². The van der Waals surface area contributed by atoms with Crippen molar-refractivity contribution >= 4 is 10.0 Å². The minimum absolute atomic E-state index is 0.0633. The molecule has 0 unspecified atom stereocenters. The number of sulfonamides is 1. The van der Waals surface area contributed by atoms with Crippen molar-refractivity contribution in [2.24, 2.45) is 5.14 Å². The van der Waals surface area contributed by atoms with Crippen molar-refractivity contribution in [2.45, 2.75) is 11.4 Å². The predicted molar refractivity (Wildman–Crippen MR) is 77.1 cm³/mol. The fourth-order valence-electron chi connectivity index (χ4n) is 1.76. The van der Waals surface area contributed by atoms with E-state index in [0.29, 0.717) is 12.3 Å². The fraction of sp³-hybridized carbons (Fsp3) is 0.143. The van der Waals surface area contributed by atoms with Crippen LogP contribution in [-0.4, -0.2) is 15.5 Å². The minimum atomic E-state index is -3.67. The van der Waals surface area contributed by atoms with Crippen LogP contribution in [0.25, 0.3) is 0 Å². The maximum atomic E-state index is 11.2. The standard InChI is InChI=1S/C14H16N2O3S/c1-16-10-11-4-2-3-5-14(11)19-12-6-8-13(9-7-12)20(15,17)18/h2-9,16H,10H2,1H3,(H2,15,17,18). The van der Waals surface area contributed by atoms with Crippen LogP contribution in [0.3, 0.4) is 0 Å². The highest BCUT2D eigenvalue weighted by Gasteiger charge is 2.08. The van der Waals surface area contributed by atoms with E-state index in [4.69, 9.17) is 9.88 Å². The van der Waals surface area contributed by atoms with Crippen molar-refractivity contribution in [1.82, 2.24) is 5.32 Å². The smallest absolute Gasteiger partial charge is 0.238 e. The summed E-state index contributed by atoms with van der Waals surface area (Å²) in [6.07, 6.45) is 0. The van der Waals surface area contributed by atoms with Gasteiger partial charge in [-0.3, -0.25) is 0 Å². The van der Waals surface area contributed by atoms with Crippen LogP contribution >= 0.6 is 0 Å². The van der Waals surface area contributed by atoms with Gasteiger partial charge in [0.1, 0.15) is 11.5 Å². The first-order valence-corrected chi connectivity index (χ1v) is 7.58. The van der Waals surface area contributed by atoms with Gasteiger partial charge in [0.2, 0.25) is 10.0 Å². The Hall–Kier alpha value is -1.89. The third-order valence-electron chi connectivity index (χ3n) is 2.72. The fourth-order valence-corrected chi connectivity index (χ4v) is 2.28. The van der Waals surface area contributed by atoms with E-state index in [9.17, 15) is 8.42 Å². The number of nitrogens with one attached hydrogen (secondary N) is 1. The summed E-state index contributed by atoms with van der Waals surface area (Å²) in [4.78, 5) is 0.0633. The van der Waals surface area contributed by atoms with Gasteiger partial charge in [-0.25, -0.2) is 13.6 Å². The van der Waals surface area contributed by atoms with Gasteiger partial charge in [0, 0.05) is 12.1 Å². The molecule has 0 aliphatic rings. The Morgan fingerprint density at radius 1 is 1.10 bits per heavy atom. The zero-order valence-corrected chi connectivity index (χ0v) is 11.9. The van der Waals surface area contributed by atoms with Crippen molar-refractivity contribution in [3.05, 3.63) is 54.1 Å². The molecule has 20 heavy (non-hydrogen) atoms. The van der Waals surface area contributed by atoms with Crippen molar-refractivity contribution in [1.29, 1.82) is 0 Å². The number of primary sulfonamides is 1. The molecule has 0 spiro atoms. The molecule has 0 fully saturated rings. The van der Waals surface area contributed by atoms with Crippen molar-refractivity contribution in [3.8, 4) is 11.5 Å². The molecule has 2 rings (SSSR count). The van der Waals surface area contributed by atoms with E-state index in [1.165, 1.54) is 12.1 Å². The van der Waals surface area contributed by atoms with E-state index in [2.05, 4.69) is 5.32 Å².